The fraction of sp³-hybridized carbons (Fsp3) is 0.538. The maximum atomic E-state index is 13.8. The topological polar surface area (TPSA) is 63.4 Å². The molecule has 8 heteroatoms. The summed E-state index contributed by atoms with van der Waals surface area (Å²) in [6.45, 7) is 2.57. The van der Waals surface area contributed by atoms with Crippen LogP contribution in [0.15, 0.2) is 23.1 Å². The molecule has 21 heavy (non-hydrogen) atoms. The largest absolute Gasteiger partial charge is 0.328 e. The lowest BCUT2D eigenvalue weighted by Gasteiger charge is -2.33. The Morgan fingerprint density at radius 1 is 1.48 bits per heavy atom. The van der Waals surface area contributed by atoms with Crippen LogP contribution in [0.4, 0.5) is 4.39 Å². The molecule has 0 saturated carbocycles. The van der Waals surface area contributed by atoms with Crippen molar-refractivity contribution in [1.29, 1.82) is 0 Å². The van der Waals surface area contributed by atoms with E-state index < -0.39 is 15.8 Å². The van der Waals surface area contributed by atoms with E-state index in [1.165, 1.54) is 10.4 Å². The van der Waals surface area contributed by atoms with Crippen LogP contribution in [-0.2, 0) is 10.0 Å². The van der Waals surface area contributed by atoms with Gasteiger partial charge in [0.05, 0.1) is 0 Å². The van der Waals surface area contributed by atoms with Gasteiger partial charge in [-0.25, -0.2) is 12.8 Å². The Hall–Kier alpha value is -0.400. The molecule has 2 atom stereocenters. The average molecular weight is 357 g/mol. The summed E-state index contributed by atoms with van der Waals surface area (Å²) in [6, 6.07) is 3.47. The van der Waals surface area contributed by atoms with Gasteiger partial charge in [0.15, 0.2) is 0 Å². The van der Waals surface area contributed by atoms with E-state index in [0.29, 0.717) is 13.1 Å². The molecule has 120 valence electrons. The summed E-state index contributed by atoms with van der Waals surface area (Å²) < 4.78 is 40.1. The van der Waals surface area contributed by atoms with Crippen LogP contribution in [0.1, 0.15) is 19.8 Å². The predicted octanol–water partition coefficient (Wildman–Crippen LogP) is 2.65. The van der Waals surface area contributed by atoms with Gasteiger partial charge in [0.2, 0.25) is 10.0 Å². The van der Waals surface area contributed by atoms with E-state index >= 15 is 0 Å². The minimum absolute atomic E-state index is 0. The van der Waals surface area contributed by atoms with Crippen molar-refractivity contribution in [3.63, 3.8) is 0 Å². The lowest BCUT2D eigenvalue weighted by molar-refractivity contribution is 0.242. The molecule has 0 bridgehead atoms. The number of piperidine rings is 1. The minimum atomic E-state index is -3.86. The first kappa shape index (κ1) is 18.6. The van der Waals surface area contributed by atoms with Crippen LogP contribution in [0.2, 0.25) is 5.02 Å². The SMILES string of the molecule is CC(N)C1CCCN(S(=O)(=O)c2cc(Cl)ccc2F)C1.Cl. The van der Waals surface area contributed by atoms with Gasteiger partial charge in [0.25, 0.3) is 0 Å². The number of benzene rings is 1. The lowest BCUT2D eigenvalue weighted by Crippen LogP contribution is -2.45. The summed E-state index contributed by atoms with van der Waals surface area (Å²) in [6.07, 6.45) is 1.62. The highest BCUT2D eigenvalue weighted by molar-refractivity contribution is 7.89. The van der Waals surface area contributed by atoms with Crippen molar-refractivity contribution in [3.8, 4) is 0 Å². The molecule has 0 radical (unpaired) electrons. The highest BCUT2D eigenvalue weighted by Gasteiger charge is 2.33. The monoisotopic (exact) mass is 356 g/mol. The Kier molecular flexibility index (Phi) is 6.43. The highest BCUT2D eigenvalue weighted by atomic mass is 35.5. The maximum absolute atomic E-state index is 13.8. The van der Waals surface area contributed by atoms with E-state index in [1.807, 2.05) is 6.92 Å². The fourth-order valence-electron chi connectivity index (χ4n) is 2.44. The molecule has 1 aliphatic heterocycles. The molecule has 1 aromatic rings. The summed E-state index contributed by atoms with van der Waals surface area (Å²) in [5, 5.41) is 0.200. The second kappa shape index (κ2) is 7.24. The minimum Gasteiger partial charge on any atom is -0.328 e. The first-order chi connectivity index (χ1) is 9.32. The molecule has 0 spiro atoms. The van der Waals surface area contributed by atoms with Crippen molar-refractivity contribution in [2.75, 3.05) is 13.1 Å². The summed E-state index contributed by atoms with van der Waals surface area (Å²) in [7, 11) is -3.86. The first-order valence-corrected chi connectivity index (χ1v) is 8.35. The van der Waals surface area contributed by atoms with Crippen LogP contribution in [-0.4, -0.2) is 31.9 Å². The zero-order valence-corrected chi connectivity index (χ0v) is 14.0. The predicted molar refractivity (Wildman–Crippen MR) is 83.8 cm³/mol. The van der Waals surface area contributed by atoms with Crippen molar-refractivity contribution in [3.05, 3.63) is 29.0 Å². The third-order valence-corrected chi connectivity index (χ3v) is 5.79. The molecule has 1 aliphatic rings. The second-order valence-corrected chi connectivity index (χ2v) is 7.54. The molecule has 0 aromatic heterocycles. The van der Waals surface area contributed by atoms with Crippen LogP contribution in [0, 0.1) is 11.7 Å². The molecular formula is C13H19Cl2FN2O2S. The van der Waals surface area contributed by atoms with Crippen molar-refractivity contribution in [2.45, 2.75) is 30.7 Å². The third-order valence-electron chi connectivity index (χ3n) is 3.68. The molecule has 1 heterocycles. The van der Waals surface area contributed by atoms with Gasteiger partial charge in [-0.05, 0) is 43.9 Å². The van der Waals surface area contributed by atoms with Crippen LogP contribution in [0.3, 0.4) is 0 Å². The summed E-state index contributed by atoms with van der Waals surface area (Å²) in [5.74, 6) is -0.682. The number of sulfonamides is 1. The van der Waals surface area contributed by atoms with E-state index in [9.17, 15) is 12.8 Å². The van der Waals surface area contributed by atoms with Crippen LogP contribution >= 0.6 is 24.0 Å². The first-order valence-electron chi connectivity index (χ1n) is 6.53. The van der Waals surface area contributed by atoms with Crippen molar-refractivity contribution in [1.82, 2.24) is 4.31 Å². The van der Waals surface area contributed by atoms with E-state index in [1.54, 1.807) is 0 Å². The molecule has 0 aliphatic carbocycles. The number of hydrogen-bond donors (Lipinski definition) is 1. The van der Waals surface area contributed by atoms with Crippen LogP contribution in [0.25, 0.3) is 0 Å². The molecule has 1 saturated heterocycles. The Balaban J connectivity index is 0.00000220. The second-order valence-electron chi connectivity index (χ2n) is 5.20. The molecule has 2 rings (SSSR count). The number of rotatable bonds is 3. The molecule has 4 nitrogen and oxygen atoms in total. The molecule has 1 aromatic carbocycles. The van der Waals surface area contributed by atoms with E-state index in [4.69, 9.17) is 17.3 Å². The summed E-state index contributed by atoms with van der Waals surface area (Å²) in [4.78, 5) is -0.365. The maximum Gasteiger partial charge on any atom is 0.246 e. The van der Waals surface area contributed by atoms with Crippen molar-refractivity contribution >= 4 is 34.0 Å². The van der Waals surface area contributed by atoms with E-state index in [2.05, 4.69) is 0 Å². The van der Waals surface area contributed by atoms with E-state index in [-0.39, 0.29) is 34.3 Å². The zero-order valence-electron chi connectivity index (χ0n) is 11.6. The zero-order chi connectivity index (χ0) is 14.9. The molecule has 2 N–H and O–H groups in total. The molecule has 2 unspecified atom stereocenters. The van der Waals surface area contributed by atoms with Crippen molar-refractivity contribution in [2.24, 2.45) is 11.7 Å². The molecular weight excluding hydrogens is 338 g/mol. The molecule has 1 fully saturated rings. The number of hydrogen-bond acceptors (Lipinski definition) is 3. The summed E-state index contributed by atoms with van der Waals surface area (Å²) in [5.41, 5.74) is 5.85. The number of nitrogens with zero attached hydrogens (tertiary/aromatic N) is 1. The Morgan fingerprint density at radius 2 is 2.14 bits per heavy atom. The quantitative estimate of drug-likeness (QED) is 0.905. The highest BCUT2D eigenvalue weighted by Crippen LogP contribution is 2.27. The van der Waals surface area contributed by atoms with Gasteiger partial charge in [-0.15, -0.1) is 12.4 Å². The van der Waals surface area contributed by atoms with Gasteiger partial charge < -0.3 is 5.73 Å². The smallest absolute Gasteiger partial charge is 0.246 e. The van der Waals surface area contributed by atoms with Gasteiger partial charge in [-0.3, -0.25) is 0 Å². The van der Waals surface area contributed by atoms with Crippen molar-refractivity contribution < 1.29 is 12.8 Å². The number of halogens is 3. The van der Waals surface area contributed by atoms with Gasteiger partial charge in [0.1, 0.15) is 10.7 Å². The molecule has 0 amide bonds. The van der Waals surface area contributed by atoms with Crippen LogP contribution in [0.5, 0.6) is 0 Å². The summed E-state index contributed by atoms with van der Waals surface area (Å²) >= 11 is 5.77. The van der Waals surface area contributed by atoms with Gasteiger partial charge in [-0.1, -0.05) is 11.6 Å². The standard InChI is InChI=1S/C13H18ClFN2O2S.ClH/c1-9(16)10-3-2-6-17(8-10)20(18,19)13-7-11(14)4-5-12(13)15;/h4-5,7,9-10H,2-3,6,8,16H2,1H3;1H. The third kappa shape index (κ3) is 4.07. The Labute approximate surface area is 135 Å². The van der Waals surface area contributed by atoms with Gasteiger partial charge in [0, 0.05) is 24.2 Å². The van der Waals surface area contributed by atoms with E-state index in [0.717, 1.165) is 25.0 Å². The van der Waals surface area contributed by atoms with Gasteiger partial charge >= 0.3 is 0 Å². The normalized spacial score (nSPS) is 21.6. The Morgan fingerprint density at radius 3 is 2.76 bits per heavy atom. The van der Waals surface area contributed by atoms with Crippen LogP contribution < -0.4 is 5.73 Å². The Bertz CT molecular complexity index is 596. The average Bonchev–Trinajstić information content (AvgIpc) is 2.41. The number of nitrogens with two attached hydrogens (primary N) is 1. The lowest BCUT2D eigenvalue weighted by atomic mass is 9.93. The fourth-order valence-corrected chi connectivity index (χ4v) is 4.30. The van der Waals surface area contributed by atoms with Gasteiger partial charge in [-0.2, -0.15) is 4.31 Å².